The van der Waals surface area contributed by atoms with Gasteiger partial charge in [-0.25, -0.2) is 19.6 Å². The van der Waals surface area contributed by atoms with Crippen molar-refractivity contribution in [3.05, 3.63) is 66.1 Å². The van der Waals surface area contributed by atoms with Gasteiger partial charge in [0, 0.05) is 30.5 Å². The van der Waals surface area contributed by atoms with Crippen molar-refractivity contribution in [2.75, 3.05) is 20.3 Å². The molecule has 2 aromatic heterocycles. The average Bonchev–Trinajstić information content (AvgIpc) is 4.02. The number of aromatic amines is 1. The molecule has 302 valence electrons. The molecule has 0 spiro atoms. The molecule has 1 aliphatic carbocycles. The van der Waals surface area contributed by atoms with Gasteiger partial charge < -0.3 is 44.8 Å². The van der Waals surface area contributed by atoms with Crippen LogP contribution in [0.2, 0.25) is 0 Å². The van der Waals surface area contributed by atoms with Gasteiger partial charge in [0.1, 0.15) is 41.2 Å². The number of benzene rings is 2. The van der Waals surface area contributed by atoms with Gasteiger partial charge in [-0.1, -0.05) is 64.4 Å². The zero-order valence-electron chi connectivity index (χ0n) is 33.0. The molecular formula is C42H51N7O8. The predicted octanol–water partition coefficient (Wildman–Crippen LogP) is 6.42. The number of hydrogen-bond acceptors (Lipinski definition) is 9. The minimum Gasteiger partial charge on any atom is -0.492 e. The van der Waals surface area contributed by atoms with Gasteiger partial charge in [-0.2, -0.15) is 0 Å². The van der Waals surface area contributed by atoms with Gasteiger partial charge in [0.15, 0.2) is 0 Å². The number of imidazole rings is 1. The molecular weight excluding hydrogens is 731 g/mol. The summed E-state index contributed by atoms with van der Waals surface area (Å²) in [6.45, 7) is 8.36. The van der Waals surface area contributed by atoms with Crippen molar-refractivity contribution >= 4 is 24.0 Å². The van der Waals surface area contributed by atoms with E-state index in [4.69, 9.17) is 23.9 Å². The molecule has 3 aliphatic rings. The Morgan fingerprint density at radius 1 is 0.930 bits per heavy atom. The Morgan fingerprint density at radius 3 is 2.39 bits per heavy atom. The van der Waals surface area contributed by atoms with Crippen LogP contribution in [-0.4, -0.2) is 87.3 Å². The Kier molecular flexibility index (Phi) is 11.5. The molecule has 57 heavy (non-hydrogen) atoms. The molecule has 0 radical (unpaired) electrons. The second kappa shape index (κ2) is 16.7. The van der Waals surface area contributed by atoms with Gasteiger partial charge in [-0.15, -0.1) is 0 Å². The first-order chi connectivity index (χ1) is 27.4. The number of aromatic nitrogens is 3. The number of rotatable bonds is 11. The van der Waals surface area contributed by atoms with Gasteiger partial charge >= 0.3 is 12.2 Å². The van der Waals surface area contributed by atoms with Crippen molar-refractivity contribution in [1.29, 1.82) is 0 Å². The summed E-state index contributed by atoms with van der Waals surface area (Å²) in [7, 11) is 1.28. The lowest BCUT2D eigenvalue weighted by atomic mass is 9.99. The first-order valence-corrected chi connectivity index (χ1v) is 19.8. The Bertz CT molecular complexity index is 2110. The van der Waals surface area contributed by atoms with Crippen LogP contribution in [0.5, 0.6) is 5.75 Å². The highest BCUT2D eigenvalue weighted by atomic mass is 16.5. The van der Waals surface area contributed by atoms with Crippen molar-refractivity contribution < 1.29 is 38.2 Å². The number of oxazole rings is 1. The quantitative estimate of drug-likeness (QED) is 0.113. The topological polar surface area (TPSA) is 201 Å². The van der Waals surface area contributed by atoms with E-state index in [1.807, 2.05) is 64.2 Å². The number of nitrogens with one attached hydrogen (secondary N) is 4. The zero-order chi connectivity index (χ0) is 40.4. The van der Waals surface area contributed by atoms with E-state index in [2.05, 4.69) is 33.1 Å². The van der Waals surface area contributed by atoms with Crippen molar-refractivity contribution in [3.63, 3.8) is 0 Å². The maximum absolute atomic E-state index is 13.7. The molecule has 15 nitrogen and oxygen atoms in total. The number of hydrogen-bond donors (Lipinski definition) is 5. The lowest BCUT2D eigenvalue weighted by Gasteiger charge is -2.29. The Morgan fingerprint density at radius 2 is 1.67 bits per heavy atom. The standard InChI is InChI=1S/C42H51N7O8/c1-22(2)34(47-41(52)53)38(50)45-29-9-6-8-27(29)37-43-21-30(44-37)25-13-11-24(12-14-25)26-15-16-28-33(20-26)56-19-17-32-36(28)46-39(57-32)31-10-7-18-49(31)40(51)35(23(3)4)48-42(54)55-5/h11-16,20-23,27,29,31,34-35,47H,6-10,17-19H2,1-5H3,(H,43,44)(H,45,50)(H,48,54)(H,52,53)/t27-,29-,31-,34-,35-/m0/s1. The number of alkyl carbamates (subject to hydrolysis) is 1. The number of amides is 4. The lowest BCUT2D eigenvalue weighted by Crippen LogP contribution is -2.52. The molecule has 5 N–H and O–H groups in total. The van der Waals surface area contributed by atoms with E-state index in [0.717, 1.165) is 59.5 Å². The maximum Gasteiger partial charge on any atom is 0.407 e. The molecule has 2 aromatic carbocycles. The van der Waals surface area contributed by atoms with Gasteiger partial charge in [0.25, 0.3) is 0 Å². The normalized spacial score (nSPS) is 19.9. The van der Waals surface area contributed by atoms with Gasteiger partial charge in [-0.05, 0) is 66.3 Å². The smallest absolute Gasteiger partial charge is 0.407 e. The van der Waals surface area contributed by atoms with E-state index in [9.17, 15) is 24.3 Å². The molecule has 7 rings (SSSR count). The molecule has 0 unspecified atom stereocenters. The average molecular weight is 782 g/mol. The van der Waals surface area contributed by atoms with E-state index >= 15 is 0 Å². The number of ether oxygens (including phenoxy) is 2. The molecule has 5 atom stereocenters. The van der Waals surface area contributed by atoms with Crippen LogP contribution in [0, 0.1) is 11.8 Å². The third kappa shape index (κ3) is 8.33. The monoisotopic (exact) mass is 781 g/mol. The summed E-state index contributed by atoms with van der Waals surface area (Å²) in [5, 5.41) is 17.3. The third-order valence-electron chi connectivity index (χ3n) is 11.3. The lowest BCUT2D eigenvalue weighted by molar-refractivity contribution is -0.135. The first-order valence-electron chi connectivity index (χ1n) is 19.8. The van der Waals surface area contributed by atoms with E-state index in [1.54, 1.807) is 4.90 Å². The number of methoxy groups -OCH3 is 1. The van der Waals surface area contributed by atoms with E-state index in [-0.39, 0.29) is 41.7 Å². The van der Waals surface area contributed by atoms with Crippen LogP contribution in [-0.2, 0) is 20.7 Å². The fourth-order valence-electron chi connectivity index (χ4n) is 8.24. The van der Waals surface area contributed by atoms with Gasteiger partial charge in [-0.3, -0.25) is 9.59 Å². The summed E-state index contributed by atoms with van der Waals surface area (Å²) < 4.78 is 17.3. The maximum atomic E-state index is 13.7. The highest BCUT2D eigenvalue weighted by molar-refractivity contribution is 5.87. The molecule has 4 amide bonds. The minimum absolute atomic E-state index is 0.00679. The number of likely N-dealkylation sites (tertiary alicyclic amines) is 1. The van der Waals surface area contributed by atoms with Crippen LogP contribution < -0.4 is 20.7 Å². The van der Waals surface area contributed by atoms with Crippen molar-refractivity contribution in [1.82, 2.24) is 35.8 Å². The summed E-state index contributed by atoms with van der Waals surface area (Å²) in [5.74, 6) is 1.86. The van der Waals surface area contributed by atoms with Crippen LogP contribution in [0.15, 0.2) is 53.1 Å². The Hall–Kier alpha value is -5.86. The fourth-order valence-corrected chi connectivity index (χ4v) is 8.24. The zero-order valence-corrected chi connectivity index (χ0v) is 33.0. The largest absolute Gasteiger partial charge is 0.492 e. The number of carboxylic acid groups (broad SMARTS) is 1. The molecule has 15 heteroatoms. The van der Waals surface area contributed by atoms with Crippen LogP contribution >= 0.6 is 0 Å². The third-order valence-corrected chi connectivity index (χ3v) is 11.3. The fraction of sp³-hybridized carbons (Fsp3) is 0.476. The van der Waals surface area contributed by atoms with E-state index < -0.39 is 24.3 Å². The van der Waals surface area contributed by atoms with Crippen LogP contribution in [0.25, 0.3) is 33.6 Å². The molecule has 0 bridgehead atoms. The molecule has 1 saturated heterocycles. The van der Waals surface area contributed by atoms with Crippen LogP contribution in [0.4, 0.5) is 9.59 Å². The van der Waals surface area contributed by atoms with Crippen LogP contribution in [0.1, 0.15) is 89.2 Å². The summed E-state index contributed by atoms with van der Waals surface area (Å²) >= 11 is 0. The molecule has 2 fully saturated rings. The van der Waals surface area contributed by atoms with Crippen molar-refractivity contribution in [2.24, 2.45) is 11.8 Å². The predicted molar refractivity (Wildman–Crippen MR) is 210 cm³/mol. The SMILES string of the molecule is COC(=O)N[C@H](C(=O)N1CCC[C@H]1c1nc2c(o1)CCOc1cc(-c3ccc(-c4cnc([C@H]5CCC[C@@H]5NC(=O)[C@@H](NC(=O)O)C(C)C)[nH]4)cc3)ccc1-2)C(C)C. The second-order valence-corrected chi connectivity index (χ2v) is 15.8. The van der Waals surface area contributed by atoms with E-state index in [1.165, 1.54) is 7.11 Å². The van der Waals surface area contributed by atoms with Crippen LogP contribution in [0.3, 0.4) is 0 Å². The molecule has 4 heterocycles. The number of carbonyl (C=O) groups excluding carboxylic acids is 3. The number of carbonyl (C=O) groups is 4. The number of H-pyrrole nitrogens is 1. The minimum atomic E-state index is -1.22. The first kappa shape index (κ1) is 39.4. The summed E-state index contributed by atoms with van der Waals surface area (Å²) in [5.41, 5.74) is 5.34. The summed E-state index contributed by atoms with van der Waals surface area (Å²) in [6, 6.07) is 12.2. The van der Waals surface area contributed by atoms with Gasteiger partial charge in [0.05, 0.1) is 25.6 Å². The Labute approximate surface area is 331 Å². The second-order valence-electron chi connectivity index (χ2n) is 15.8. The summed E-state index contributed by atoms with van der Waals surface area (Å²) in [6.07, 6.45) is 4.56. The molecule has 1 saturated carbocycles. The highest BCUT2D eigenvalue weighted by Crippen LogP contribution is 2.42. The van der Waals surface area contributed by atoms with Crippen molar-refractivity contribution in [3.8, 4) is 39.4 Å². The molecule has 4 aromatic rings. The van der Waals surface area contributed by atoms with E-state index in [0.29, 0.717) is 49.1 Å². The number of nitrogens with zero attached hydrogens (tertiary/aromatic N) is 3. The number of fused-ring (bicyclic) bond motifs is 3. The van der Waals surface area contributed by atoms with Gasteiger partial charge in [0.2, 0.25) is 17.7 Å². The summed E-state index contributed by atoms with van der Waals surface area (Å²) in [4.78, 5) is 64.9. The van der Waals surface area contributed by atoms with Crippen molar-refractivity contribution in [2.45, 2.75) is 96.3 Å². The highest BCUT2D eigenvalue weighted by Gasteiger charge is 2.40. The molecule has 2 aliphatic heterocycles. The Balaban J connectivity index is 1.05.